The molecule has 1 N–H and O–H groups in total. The Morgan fingerprint density at radius 1 is 0.800 bits per heavy atom. The van der Waals surface area contributed by atoms with E-state index in [4.69, 9.17) is 9.31 Å². The van der Waals surface area contributed by atoms with E-state index in [0.717, 1.165) is 11.2 Å². The fraction of sp³-hybridized carbons (Fsp3) is 0.429. The van der Waals surface area contributed by atoms with Gasteiger partial charge in [0.15, 0.2) is 0 Å². The van der Waals surface area contributed by atoms with E-state index in [9.17, 15) is 0 Å². The van der Waals surface area contributed by atoms with Gasteiger partial charge in [0.25, 0.3) is 0 Å². The van der Waals surface area contributed by atoms with Crippen LogP contribution in [0.25, 0.3) is 11.1 Å². The number of hydrogen-bond acceptors (Lipinski definition) is 3. The Hall–Kier alpha value is -1.78. The predicted octanol–water partition coefficient (Wildman–Crippen LogP) is 4.31. The third-order valence-corrected chi connectivity index (χ3v) is 5.78. The standard InChI is InChI=1S/C21H28BNO2/c1-14-16(17-11-9-13-19(23-7)15(17)2)10-8-12-18(14)22-24-20(3,4)21(5,6)25-22/h8-13,23H,1-7H3. The summed E-state index contributed by atoms with van der Waals surface area (Å²) in [5, 5.41) is 3.27. The number of benzene rings is 2. The summed E-state index contributed by atoms with van der Waals surface area (Å²) in [6, 6.07) is 12.7. The van der Waals surface area contributed by atoms with Crippen molar-refractivity contribution in [3.05, 3.63) is 47.5 Å². The summed E-state index contributed by atoms with van der Waals surface area (Å²) in [5.74, 6) is 0. The third-order valence-electron chi connectivity index (χ3n) is 5.78. The summed E-state index contributed by atoms with van der Waals surface area (Å²) in [6.45, 7) is 12.7. The lowest BCUT2D eigenvalue weighted by Crippen LogP contribution is -2.41. The second-order valence-corrected chi connectivity index (χ2v) is 7.84. The van der Waals surface area contributed by atoms with Gasteiger partial charge < -0.3 is 14.6 Å². The minimum Gasteiger partial charge on any atom is -0.399 e. The second kappa shape index (κ2) is 6.19. The largest absolute Gasteiger partial charge is 0.495 e. The highest BCUT2D eigenvalue weighted by Gasteiger charge is 2.52. The van der Waals surface area contributed by atoms with Crippen LogP contribution < -0.4 is 10.8 Å². The zero-order valence-corrected chi connectivity index (χ0v) is 16.4. The van der Waals surface area contributed by atoms with Crippen LogP contribution in [0.1, 0.15) is 38.8 Å². The Bertz CT molecular complexity index is 782. The van der Waals surface area contributed by atoms with E-state index in [1.54, 1.807) is 0 Å². The first-order valence-corrected chi connectivity index (χ1v) is 8.91. The lowest BCUT2D eigenvalue weighted by molar-refractivity contribution is 0.00578. The molecule has 3 nitrogen and oxygen atoms in total. The van der Waals surface area contributed by atoms with Gasteiger partial charge in [0.2, 0.25) is 0 Å². The molecule has 0 saturated carbocycles. The molecule has 0 unspecified atom stereocenters. The van der Waals surface area contributed by atoms with Crippen LogP contribution in [0.5, 0.6) is 0 Å². The van der Waals surface area contributed by atoms with Crippen LogP contribution in [0.3, 0.4) is 0 Å². The van der Waals surface area contributed by atoms with Gasteiger partial charge in [-0.15, -0.1) is 0 Å². The maximum absolute atomic E-state index is 6.26. The fourth-order valence-corrected chi connectivity index (χ4v) is 3.37. The van der Waals surface area contributed by atoms with E-state index in [0.29, 0.717) is 0 Å². The van der Waals surface area contributed by atoms with Crippen molar-refractivity contribution < 1.29 is 9.31 Å². The van der Waals surface area contributed by atoms with Gasteiger partial charge in [-0.1, -0.05) is 30.3 Å². The van der Waals surface area contributed by atoms with Crippen molar-refractivity contribution in [3.63, 3.8) is 0 Å². The number of hydrogen-bond donors (Lipinski definition) is 1. The highest BCUT2D eigenvalue weighted by molar-refractivity contribution is 6.62. The molecule has 1 aliphatic rings. The summed E-state index contributed by atoms with van der Waals surface area (Å²) in [6.07, 6.45) is 0. The Kier molecular flexibility index (Phi) is 4.46. The zero-order chi connectivity index (χ0) is 18.4. The number of rotatable bonds is 3. The van der Waals surface area contributed by atoms with E-state index < -0.39 is 0 Å². The molecule has 25 heavy (non-hydrogen) atoms. The Morgan fingerprint density at radius 2 is 1.32 bits per heavy atom. The Labute approximate surface area is 151 Å². The van der Waals surface area contributed by atoms with Gasteiger partial charge in [0.05, 0.1) is 11.2 Å². The molecule has 0 aromatic heterocycles. The van der Waals surface area contributed by atoms with E-state index >= 15 is 0 Å². The molecule has 2 aromatic rings. The minimum atomic E-state index is -0.335. The molecule has 0 radical (unpaired) electrons. The van der Waals surface area contributed by atoms with Crippen molar-refractivity contribution in [3.8, 4) is 11.1 Å². The molecule has 1 heterocycles. The molecule has 1 saturated heterocycles. The summed E-state index contributed by atoms with van der Waals surface area (Å²) >= 11 is 0. The molecule has 0 bridgehead atoms. The van der Waals surface area contributed by atoms with Crippen molar-refractivity contribution in [1.82, 2.24) is 0 Å². The van der Waals surface area contributed by atoms with Crippen molar-refractivity contribution in [2.45, 2.75) is 52.7 Å². The average Bonchev–Trinajstić information content (AvgIpc) is 2.76. The van der Waals surface area contributed by atoms with Gasteiger partial charge >= 0.3 is 7.12 Å². The SMILES string of the molecule is CNc1cccc(-c2cccc(B3OC(C)(C)C(C)(C)O3)c2C)c1C. The second-order valence-electron chi connectivity index (χ2n) is 7.84. The number of nitrogens with one attached hydrogen (secondary N) is 1. The first kappa shape index (κ1) is 18.0. The van der Waals surface area contributed by atoms with Gasteiger partial charge in [-0.2, -0.15) is 0 Å². The summed E-state index contributed by atoms with van der Waals surface area (Å²) < 4.78 is 12.5. The molecule has 1 aliphatic heterocycles. The van der Waals surface area contributed by atoms with Crippen molar-refractivity contribution in [1.29, 1.82) is 0 Å². The monoisotopic (exact) mass is 337 g/mol. The van der Waals surface area contributed by atoms with E-state index in [1.807, 2.05) is 7.05 Å². The summed E-state index contributed by atoms with van der Waals surface area (Å²) in [4.78, 5) is 0. The molecule has 132 valence electrons. The molecule has 1 fully saturated rings. The molecule has 0 aliphatic carbocycles. The van der Waals surface area contributed by atoms with Crippen LogP contribution in [0.15, 0.2) is 36.4 Å². The van der Waals surface area contributed by atoms with Crippen LogP contribution in [0.2, 0.25) is 0 Å². The van der Waals surface area contributed by atoms with Crippen molar-refractivity contribution in [2.75, 3.05) is 12.4 Å². The Morgan fingerprint density at radius 3 is 1.88 bits per heavy atom. The molecular formula is C21H28BNO2. The van der Waals surface area contributed by atoms with Crippen molar-refractivity contribution in [2.24, 2.45) is 0 Å². The van der Waals surface area contributed by atoms with Crippen molar-refractivity contribution >= 4 is 18.3 Å². The molecule has 0 spiro atoms. The molecule has 2 aromatic carbocycles. The van der Waals surface area contributed by atoms with Crippen LogP contribution in [0.4, 0.5) is 5.69 Å². The molecular weight excluding hydrogens is 309 g/mol. The van der Waals surface area contributed by atoms with Gasteiger partial charge in [-0.25, -0.2) is 0 Å². The topological polar surface area (TPSA) is 30.5 Å². The van der Waals surface area contributed by atoms with E-state index in [-0.39, 0.29) is 18.3 Å². The quantitative estimate of drug-likeness (QED) is 0.847. The minimum absolute atomic E-state index is 0.331. The lowest BCUT2D eigenvalue weighted by atomic mass is 9.74. The summed E-state index contributed by atoms with van der Waals surface area (Å²) in [5.41, 5.74) is 6.51. The van der Waals surface area contributed by atoms with Crippen LogP contribution in [-0.4, -0.2) is 25.4 Å². The van der Waals surface area contributed by atoms with Gasteiger partial charge in [0.1, 0.15) is 0 Å². The van der Waals surface area contributed by atoms with Crippen LogP contribution in [0, 0.1) is 13.8 Å². The van der Waals surface area contributed by atoms with Crippen LogP contribution in [-0.2, 0) is 9.31 Å². The first-order valence-electron chi connectivity index (χ1n) is 8.91. The smallest absolute Gasteiger partial charge is 0.399 e. The zero-order valence-electron chi connectivity index (χ0n) is 16.4. The molecule has 0 amide bonds. The maximum atomic E-state index is 6.26. The molecule has 3 rings (SSSR count). The van der Waals surface area contributed by atoms with Gasteiger partial charge in [0, 0.05) is 12.7 Å². The normalized spacial score (nSPS) is 18.4. The first-order chi connectivity index (χ1) is 11.7. The maximum Gasteiger partial charge on any atom is 0.495 e. The molecule has 4 heteroatoms. The highest BCUT2D eigenvalue weighted by atomic mass is 16.7. The average molecular weight is 337 g/mol. The van der Waals surface area contributed by atoms with E-state index in [2.05, 4.69) is 83.3 Å². The highest BCUT2D eigenvalue weighted by Crippen LogP contribution is 2.37. The van der Waals surface area contributed by atoms with E-state index in [1.165, 1.54) is 22.3 Å². The fourth-order valence-electron chi connectivity index (χ4n) is 3.37. The number of anilines is 1. The van der Waals surface area contributed by atoms with Gasteiger partial charge in [-0.05, 0) is 75.3 Å². The predicted molar refractivity (Wildman–Crippen MR) is 107 cm³/mol. The third kappa shape index (κ3) is 2.98. The summed E-state index contributed by atoms with van der Waals surface area (Å²) in [7, 11) is 1.62. The Balaban J connectivity index is 2.06. The van der Waals surface area contributed by atoms with Gasteiger partial charge in [-0.3, -0.25) is 0 Å². The molecule has 0 atom stereocenters. The van der Waals surface area contributed by atoms with Crippen LogP contribution >= 0.6 is 0 Å². The lowest BCUT2D eigenvalue weighted by Gasteiger charge is -2.32.